The molecule has 0 bridgehead atoms. The van der Waals surface area contributed by atoms with E-state index in [1.807, 2.05) is 12.1 Å². The van der Waals surface area contributed by atoms with Gasteiger partial charge >= 0.3 is 6.09 Å². The van der Waals surface area contributed by atoms with Crippen LogP contribution in [-0.2, 0) is 24.1 Å². The van der Waals surface area contributed by atoms with Gasteiger partial charge < -0.3 is 15.3 Å². The topological polar surface area (TPSA) is 69.6 Å². The Morgan fingerprint density at radius 1 is 1.11 bits per heavy atom. The minimum Gasteiger partial charge on any atom is -0.465 e. The second kappa shape index (κ2) is 10.1. The number of hydrogen-bond donors (Lipinski definition) is 2. The first-order chi connectivity index (χ1) is 13.6. The van der Waals surface area contributed by atoms with Crippen LogP contribution in [0.4, 0.5) is 4.79 Å². The Morgan fingerprint density at radius 3 is 2.61 bits per heavy atom. The predicted molar refractivity (Wildman–Crippen MR) is 111 cm³/mol. The van der Waals surface area contributed by atoms with Crippen LogP contribution in [0.5, 0.6) is 0 Å². The number of carboxylic acid groups (broad SMARTS) is 1. The van der Waals surface area contributed by atoms with Crippen molar-refractivity contribution in [3.63, 3.8) is 0 Å². The molecule has 0 atom stereocenters. The molecule has 3 rings (SSSR count). The molecule has 2 N–H and O–H groups in total. The first kappa shape index (κ1) is 21.0. The zero-order valence-corrected chi connectivity index (χ0v) is 17.3. The Balaban J connectivity index is 1.46. The maximum atomic E-state index is 12.0. The highest BCUT2D eigenvalue weighted by atomic mass is 35.5. The molecular weight excluding hydrogens is 376 g/mol. The molecule has 154 valence electrons. The van der Waals surface area contributed by atoms with Crippen LogP contribution in [0.1, 0.15) is 61.6 Å². The Kier molecular flexibility index (Phi) is 7.60. The molecule has 0 unspecified atom stereocenters. The van der Waals surface area contributed by atoms with Crippen molar-refractivity contribution in [3.8, 4) is 0 Å². The van der Waals surface area contributed by atoms with Gasteiger partial charge in [0.1, 0.15) is 0 Å². The van der Waals surface area contributed by atoms with Crippen LogP contribution in [0.2, 0.25) is 5.02 Å². The molecular formula is C22H31ClN2O3. The molecule has 1 aromatic rings. The van der Waals surface area contributed by atoms with Crippen LogP contribution in [0.25, 0.3) is 0 Å². The molecule has 0 radical (unpaired) electrons. The molecule has 28 heavy (non-hydrogen) atoms. The van der Waals surface area contributed by atoms with Gasteiger partial charge in [-0.3, -0.25) is 4.79 Å². The fraction of sp³-hybridized carbons (Fsp3) is 0.636. The summed E-state index contributed by atoms with van der Waals surface area (Å²) < 4.78 is 0. The number of halogens is 1. The highest BCUT2D eigenvalue weighted by Gasteiger charge is 2.22. The maximum absolute atomic E-state index is 12.0. The summed E-state index contributed by atoms with van der Waals surface area (Å²) in [5, 5.41) is 13.1. The van der Waals surface area contributed by atoms with Crippen molar-refractivity contribution in [1.29, 1.82) is 0 Å². The van der Waals surface area contributed by atoms with E-state index in [2.05, 4.69) is 5.32 Å². The van der Waals surface area contributed by atoms with E-state index in [1.54, 1.807) is 0 Å². The number of carbonyl (C=O) groups is 2. The number of fused-ring (bicyclic) bond motifs is 1. The van der Waals surface area contributed by atoms with Crippen LogP contribution in [-0.4, -0.2) is 41.6 Å². The average Bonchev–Trinajstić information content (AvgIpc) is 3.12. The number of nitrogens with zero attached hydrogens (tertiary/aromatic N) is 1. The van der Waals surface area contributed by atoms with Crippen molar-refractivity contribution in [2.75, 3.05) is 19.6 Å². The van der Waals surface area contributed by atoms with Crippen LogP contribution in [0, 0.1) is 5.92 Å². The third-order valence-corrected chi connectivity index (χ3v) is 6.51. The summed E-state index contributed by atoms with van der Waals surface area (Å²) in [7, 11) is 0. The molecule has 5 nitrogen and oxygen atoms in total. The Morgan fingerprint density at radius 2 is 1.86 bits per heavy atom. The fourth-order valence-electron chi connectivity index (χ4n) is 4.48. The monoisotopic (exact) mass is 406 g/mol. The van der Waals surface area contributed by atoms with Crippen LogP contribution >= 0.6 is 11.6 Å². The molecule has 0 spiro atoms. The molecule has 2 amide bonds. The fourth-order valence-corrected chi connectivity index (χ4v) is 4.75. The van der Waals surface area contributed by atoms with Crippen LogP contribution in [0.3, 0.4) is 0 Å². The minimum absolute atomic E-state index is 0.233. The number of amides is 2. The number of benzene rings is 1. The second-order valence-corrected chi connectivity index (χ2v) is 8.42. The summed E-state index contributed by atoms with van der Waals surface area (Å²) in [6.07, 6.45) is 9.06. The predicted octanol–water partition coefficient (Wildman–Crippen LogP) is 4.44. The second-order valence-electron chi connectivity index (χ2n) is 8.02. The molecule has 1 saturated carbocycles. The Labute approximate surface area is 172 Å². The highest BCUT2D eigenvalue weighted by Crippen LogP contribution is 2.28. The van der Waals surface area contributed by atoms with E-state index in [9.17, 15) is 14.7 Å². The molecule has 1 aliphatic carbocycles. The molecule has 2 aliphatic rings. The van der Waals surface area contributed by atoms with Crippen molar-refractivity contribution in [3.05, 3.63) is 33.8 Å². The van der Waals surface area contributed by atoms with Gasteiger partial charge in [-0.05, 0) is 67.7 Å². The van der Waals surface area contributed by atoms with Gasteiger partial charge in [-0.1, -0.05) is 36.9 Å². The lowest BCUT2D eigenvalue weighted by Crippen LogP contribution is -2.31. The van der Waals surface area contributed by atoms with Gasteiger partial charge in [-0.2, -0.15) is 0 Å². The van der Waals surface area contributed by atoms with Crippen molar-refractivity contribution < 1.29 is 14.7 Å². The summed E-state index contributed by atoms with van der Waals surface area (Å²) in [4.78, 5) is 24.8. The molecule has 0 aromatic heterocycles. The number of nitrogens with one attached hydrogen (secondary N) is 1. The molecule has 1 fully saturated rings. The van der Waals surface area contributed by atoms with Gasteiger partial charge in [-0.15, -0.1) is 0 Å². The van der Waals surface area contributed by atoms with E-state index in [1.165, 1.54) is 34.4 Å². The summed E-state index contributed by atoms with van der Waals surface area (Å²) in [6, 6.07) is 4.00. The third kappa shape index (κ3) is 5.40. The Bertz CT molecular complexity index is 701. The van der Waals surface area contributed by atoms with Gasteiger partial charge in [0.2, 0.25) is 5.91 Å². The van der Waals surface area contributed by atoms with Gasteiger partial charge in [0, 0.05) is 30.6 Å². The van der Waals surface area contributed by atoms with Crippen molar-refractivity contribution in [2.45, 2.75) is 64.2 Å². The third-order valence-electron chi connectivity index (χ3n) is 6.15. The zero-order chi connectivity index (χ0) is 19.9. The summed E-state index contributed by atoms with van der Waals surface area (Å²) >= 11 is 6.48. The first-order valence-corrected chi connectivity index (χ1v) is 11.0. The largest absolute Gasteiger partial charge is 0.465 e. The maximum Gasteiger partial charge on any atom is 0.407 e. The first-order valence-electron chi connectivity index (χ1n) is 10.6. The van der Waals surface area contributed by atoms with Crippen LogP contribution in [0.15, 0.2) is 12.1 Å². The van der Waals surface area contributed by atoms with Gasteiger partial charge in [0.15, 0.2) is 0 Å². The molecule has 6 heteroatoms. The van der Waals surface area contributed by atoms with Gasteiger partial charge in [0.25, 0.3) is 0 Å². The lowest BCUT2D eigenvalue weighted by molar-refractivity contribution is -0.124. The molecule has 1 aliphatic heterocycles. The lowest BCUT2D eigenvalue weighted by atomic mass is 9.93. The lowest BCUT2D eigenvalue weighted by Gasteiger charge is -2.16. The van der Waals surface area contributed by atoms with Gasteiger partial charge in [-0.25, -0.2) is 4.79 Å². The Hall–Kier alpha value is -1.75. The molecule has 1 heterocycles. The number of unbranched alkanes of at least 4 members (excludes halogenated alkanes) is 2. The van der Waals surface area contributed by atoms with Crippen molar-refractivity contribution >= 4 is 23.6 Å². The molecule has 1 aromatic carbocycles. The van der Waals surface area contributed by atoms with E-state index in [0.29, 0.717) is 13.1 Å². The number of rotatable bonds is 7. The molecule has 0 saturated heterocycles. The van der Waals surface area contributed by atoms with Gasteiger partial charge in [0.05, 0.1) is 0 Å². The zero-order valence-electron chi connectivity index (χ0n) is 16.5. The summed E-state index contributed by atoms with van der Waals surface area (Å²) in [5.41, 5.74) is 3.65. The number of carbonyl (C=O) groups excluding carboxylic acids is 1. The quantitative estimate of drug-likeness (QED) is 0.657. The van der Waals surface area contributed by atoms with E-state index < -0.39 is 6.09 Å². The normalized spacial score (nSPS) is 17.2. The minimum atomic E-state index is -0.847. The SMILES string of the molecule is O=C(NCCCCCc1c(Cl)ccc2c1CCN(C(=O)O)CC2)C1CCCC1. The van der Waals surface area contributed by atoms with Crippen LogP contribution < -0.4 is 5.32 Å². The smallest absolute Gasteiger partial charge is 0.407 e. The van der Waals surface area contributed by atoms with E-state index in [4.69, 9.17) is 11.6 Å². The van der Waals surface area contributed by atoms with Crippen molar-refractivity contribution in [2.24, 2.45) is 5.92 Å². The highest BCUT2D eigenvalue weighted by molar-refractivity contribution is 6.31. The standard InChI is InChI=1S/C22H31ClN2O3/c23-20-10-9-16-11-14-25(22(27)28)15-12-18(16)19(20)8-2-1-5-13-24-21(26)17-6-3-4-7-17/h9-10,17H,1-8,11-15H2,(H,24,26)(H,27,28). The van der Waals surface area contributed by atoms with E-state index in [-0.39, 0.29) is 11.8 Å². The van der Waals surface area contributed by atoms with E-state index in [0.717, 1.165) is 62.9 Å². The number of hydrogen-bond acceptors (Lipinski definition) is 2. The summed E-state index contributed by atoms with van der Waals surface area (Å²) in [6.45, 7) is 1.83. The average molecular weight is 407 g/mol. The van der Waals surface area contributed by atoms with E-state index >= 15 is 0 Å². The van der Waals surface area contributed by atoms with Crippen molar-refractivity contribution in [1.82, 2.24) is 10.2 Å². The summed E-state index contributed by atoms with van der Waals surface area (Å²) in [5.74, 6) is 0.473.